The molecule has 1 heterocycles. The Morgan fingerprint density at radius 2 is 2.21 bits per heavy atom. The van der Waals surface area contributed by atoms with E-state index in [2.05, 4.69) is 35.8 Å². The molecule has 14 heavy (non-hydrogen) atoms. The molecule has 1 aromatic rings. The van der Waals surface area contributed by atoms with Crippen LogP contribution < -0.4 is 5.73 Å². The minimum absolute atomic E-state index is 0.751. The molecule has 3 heteroatoms. The SMILES string of the molecule is Cc1cc(CCC(C)CCN)sc1Br. The maximum atomic E-state index is 5.52. The smallest absolute Gasteiger partial charge is 0.0730 e. The molecule has 0 radical (unpaired) electrons. The van der Waals surface area contributed by atoms with Gasteiger partial charge in [0.15, 0.2) is 0 Å². The Morgan fingerprint density at radius 1 is 1.50 bits per heavy atom. The van der Waals surface area contributed by atoms with Crippen molar-refractivity contribution in [1.29, 1.82) is 0 Å². The topological polar surface area (TPSA) is 26.0 Å². The van der Waals surface area contributed by atoms with Crippen LogP contribution >= 0.6 is 27.3 Å². The first-order valence-corrected chi connectivity index (χ1v) is 6.69. The Balaban J connectivity index is 2.38. The van der Waals surface area contributed by atoms with Crippen LogP contribution in [0.25, 0.3) is 0 Å². The molecule has 0 bridgehead atoms. The lowest BCUT2D eigenvalue weighted by Gasteiger charge is -2.07. The van der Waals surface area contributed by atoms with Crippen molar-refractivity contribution in [1.82, 2.24) is 0 Å². The van der Waals surface area contributed by atoms with Crippen molar-refractivity contribution < 1.29 is 0 Å². The quantitative estimate of drug-likeness (QED) is 0.871. The lowest BCUT2D eigenvalue weighted by molar-refractivity contribution is 0.501. The van der Waals surface area contributed by atoms with Crippen molar-refractivity contribution in [3.05, 3.63) is 20.3 Å². The predicted octanol–water partition coefficient (Wildman–Crippen LogP) is 3.74. The molecule has 0 aliphatic carbocycles. The summed E-state index contributed by atoms with van der Waals surface area (Å²) in [6.45, 7) is 5.24. The van der Waals surface area contributed by atoms with Crippen LogP contribution in [0.4, 0.5) is 0 Å². The molecule has 80 valence electrons. The zero-order valence-electron chi connectivity index (χ0n) is 8.85. The van der Waals surface area contributed by atoms with Gasteiger partial charge >= 0.3 is 0 Å². The summed E-state index contributed by atoms with van der Waals surface area (Å²) in [6, 6.07) is 2.28. The van der Waals surface area contributed by atoms with Gasteiger partial charge in [-0.05, 0) is 66.2 Å². The van der Waals surface area contributed by atoms with E-state index in [0.717, 1.165) is 18.9 Å². The normalized spacial score (nSPS) is 13.1. The summed E-state index contributed by atoms with van der Waals surface area (Å²) < 4.78 is 1.28. The van der Waals surface area contributed by atoms with E-state index in [9.17, 15) is 0 Å². The zero-order valence-corrected chi connectivity index (χ0v) is 11.2. The molecule has 2 N–H and O–H groups in total. The van der Waals surface area contributed by atoms with Gasteiger partial charge < -0.3 is 5.73 Å². The van der Waals surface area contributed by atoms with E-state index in [4.69, 9.17) is 5.73 Å². The van der Waals surface area contributed by atoms with E-state index >= 15 is 0 Å². The van der Waals surface area contributed by atoms with E-state index in [1.165, 1.54) is 27.1 Å². The van der Waals surface area contributed by atoms with Crippen LogP contribution in [-0.4, -0.2) is 6.54 Å². The number of nitrogens with two attached hydrogens (primary N) is 1. The molecule has 1 atom stereocenters. The van der Waals surface area contributed by atoms with Crippen LogP contribution in [0.1, 0.15) is 30.2 Å². The van der Waals surface area contributed by atoms with Gasteiger partial charge in [0, 0.05) is 4.88 Å². The first-order chi connectivity index (χ1) is 6.63. The standard InChI is InChI=1S/C11H18BrNS/c1-8(5-6-13)3-4-10-7-9(2)11(12)14-10/h7-8H,3-6,13H2,1-2H3. The molecule has 0 saturated heterocycles. The van der Waals surface area contributed by atoms with E-state index in [0.29, 0.717) is 0 Å². The van der Waals surface area contributed by atoms with Crippen LogP contribution in [0.2, 0.25) is 0 Å². The third-order valence-corrected chi connectivity index (χ3v) is 4.65. The zero-order chi connectivity index (χ0) is 10.6. The van der Waals surface area contributed by atoms with Crippen LogP contribution in [0.5, 0.6) is 0 Å². The highest BCUT2D eigenvalue weighted by Gasteiger charge is 2.05. The first-order valence-electron chi connectivity index (χ1n) is 5.08. The molecule has 0 aliphatic rings. The second-order valence-electron chi connectivity index (χ2n) is 3.89. The Morgan fingerprint density at radius 3 is 2.71 bits per heavy atom. The van der Waals surface area contributed by atoms with Crippen LogP contribution in [0, 0.1) is 12.8 Å². The Kier molecular flexibility index (Phi) is 5.13. The summed E-state index contributed by atoms with van der Waals surface area (Å²) in [5.41, 5.74) is 6.88. The lowest BCUT2D eigenvalue weighted by atomic mass is 10.0. The van der Waals surface area contributed by atoms with Crippen molar-refractivity contribution in [2.75, 3.05) is 6.54 Å². The number of thiophene rings is 1. The molecule has 1 aromatic heterocycles. The number of rotatable bonds is 5. The van der Waals surface area contributed by atoms with Gasteiger partial charge in [0.05, 0.1) is 3.79 Å². The fraction of sp³-hybridized carbons (Fsp3) is 0.636. The summed E-state index contributed by atoms with van der Waals surface area (Å²) >= 11 is 5.41. The van der Waals surface area contributed by atoms with Crippen molar-refractivity contribution in [2.45, 2.75) is 33.1 Å². The lowest BCUT2D eigenvalue weighted by Crippen LogP contribution is -2.06. The van der Waals surface area contributed by atoms with E-state index in [-0.39, 0.29) is 0 Å². The van der Waals surface area contributed by atoms with Gasteiger partial charge in [0.25, 0.3) is 0 Å². The third kappa shape index (κ3) is 3.71. The highest BCUT2D eigenvalue weighted by atomic mass is 79.9. The van der Waals surface area contributed by atoms with Gasteiger partial charge in [-0.2, -0.15) is 0 Å². The molecule has 0 spiro atoms. The van der Waals surface area contributed by atoms with Gasteiger partial charge in [-0.1, -0.05) is 6.92 Å². The van der Waals surface area contributed by atoms with Gasteiger partial charge in [-0.3, -0.25) is 0 Å². The summed E-state index contributed by atoms with van der Waals surface area (Å²) in [5, 5.41) is 0. The molecule has 0 saturated carbocycles. The molecule has 1 unspecified atom stereocenters. The second kappa shape index (κ2) is 5.89. The number of halogens is 1. The fourth-order valence-electron chi connectivity index (χ4n) is 1.46. The van der Waals surface area contributed by atoms with Crippen molar-refractivity contribution in [3.8, 4) is 0 Å². The summed E-state index contributed by atoms with van der Waals surface area (Å²) in [6.07, 6.45) is 3.59. The molecular formula is C11H18BrNS. The molecule has 1 rings (SSSR count). The van der Waals surface area contributed by atoms with Crippen molar-refractivity contribution in [3.63, 3.8) is 0 Å². The molecule has 0 aliphatic heterocycles. The van der Waals surface area contributed by atoms with Crippen LogP contribution in [0.3, 0.4) is 0 Å². The Hall–Kier alpha value is 0.140. The van der Waals surface area contributed by atoms with Crippen LogP contribution in [-0.2, 0) is 6.42 Å². The maximum Gasteiger partial charge on any atom is 0.0730 e. The van der Waals surface area contributed by atoms with Gasteiger partial charge in [0.1, 0.15) is 0 Å². The average molecular weight is 276 g/mol. The predicted molar refractivity (Wildman–Crippen MR) is 67.9 cm³/mol. The third-order valence-electron chi connectivity index (χ3n) is 2.45. The highest BCUT2D eigenvalue weighted by Crippen LogP contribution is 2.28. The van der Waals surface area contributed by atoms with E-state index in [1.807, 2.05) is 11.3 Å². The van der Waals surface area contributed by atoms with Gasteiger partial charge in [0.2, 0.25) is 0 Å². The highest BCUT2D eigenvalue weighted by molar-refractivity contribution is 9.11. The first kappa shape index (κ1) is 12.2. The molecular weight excluding hydrogens is 258 g/mol. The maximum absolute atomic E-state index is 5.52. The Labute approximate surface area is 98.8 Å². The van der Waals surface area contributed by atoms with E-state index in [1.54, 1.807) is 0 Å². The summed E-state index contributed by atoms with van der Waals surface area (Å²) in [5.74, 6) is 0.751. The number of aryl methyl sites for hydroxylation is 2. The monoisotopic (exact) mass is 275 g/mol. The average Bonchev–Trinajstić information content (AvgIpc) is 2.44. The second-order valence-corrected chi connectivity index (χ2v) is 6.35. The number of hydrogen-bond acceptors (Lipinski definition) is 2. The molecule has 1 nitrogen and oxygen atoms in total. The van der Waals surface area contributed by atoms with Gasteiger partial charge in [-0.15, -0.1) is 11.3 Å². The minimum atomic E-state index is 0.751. The Bertz CT molecular complexity index is 263. The number of hydrogen-bond donors (Lipinski definition) is 1. The fourth-order valence-corrected chi connectivity index (χ4v) is 3.11. The van der Waals surface area contributed by atoms with Crippen molar-refractivity contribution >= 4 is 27.3 Å². The van der Waals surface area contributed by atoms with Gasteiger partial charge in [-0.25, -0.2) is 0 Å². The van der Waals surface area contributed by atoms with Crippen molar-refractivity contribution in [2.24, 2.45) is 11.7 Å². The largest absolute Gasteiger partial charge is 0.330 e. The van der Waals surface area contributed by atoms with Crippen LogP contribution in [0.15, 0.2) is 9.85 Å². The molecule has 0 amide bonds. The minimum Gasteiger partial charge on any atom is -0.330 e. The summed E-state index contributed by atoms with van der Waals surface area (Å²) in [4.78, 5) is 1.48. The molecule has 0 fully saturated rings. The molecule has 0 aromatic carbocycles. The summed E-state index contributed by atoms with van der Waals surface area (Å²) in [7, 11) is 0. The van der Waals surface area contributed by atoms with E-state index < -0.39 is 0 Å².